The number of hydrogen-bond acceptors (Lipinski definition) is 3. The van der Waals surface area contributed by atoms with Gasteiger partial charge < -0.3 is 15.2 Å². The fourth-order valence-corrected chi connectivity index (χ4v) is 3.32. The minimum atomic E-state index is -0.116. The number of aromatic nitrogens is 2. The maximum Gasteiger partial charge on any atom is 0.226 e. The number of nitrogens with zero attached hydrogens (tertiary/aromatic N) is 2. The van der Waals surface area contributed by atoms with Crippen LogP contribution < -0.4 is 10.6 Å². The van der Waals surface area contributed by atoms with E-state index in [4.69, 9.17) is 0 Å². The molecule has 0 spiro atoms. The lowest BCUT2D eigenvalue weighted by Crippen LogP contribution is -2.33. The van der Waals surface area contributed by atoms with Crippen molar-refractivity contribution in [2.45, 2.75) is 70.4 Å². The standard InChI is InChI=1S/C16H24N4O2/c21-15(18-12-5-1-2-6-12)8-9-16(22)19-14-11-17-13-7-3-4-10-20(13)14/h11-12H,1-10H2,(H,18,21)(H,19,22). The number of rotatable bonds is 5. The lowest BCUT2D eigenvalue weighted by atomic mass is 10.2. The Morgan fingerprint density at radius 1 is 1.14 bits per heavy atom. The molecule has 1 aromatic heterocycles. The van der Waals surface area contributed by atoms with Gasteiger partial charge >= 0.3 is 0 Å². The van der Waals surface area contributed by atoms with Gasteiger partial charge in [0.1, 0.15) is 11.6 Å². The third-order valence-electron chi connectivity index (χ3n) is 4.54. The molecule has 1 aliphatic heterocycles. The zero-order valence-electron chi connectivity index (χ0n) is 12.9. The van der Waals surface area contributed by atoms with Crippen LogP contribution in [0.25, 0.3) is 0 Å². The van der Waals surface area contributed by atoms with E-state index in [1.54, 1.807) is 6.20 Å². The van der Waals surface area contributed by atoms with Crippen molar-refractivity contribution < 1.29 is 9.59 Å². The summed E-state index contributed by atoms with van der Waals surface area (Å²) in [5.74, 6) is 1.67. The normalized spacial score (nSPS) is 18.0. The molecule has 6 heteroatoms. The number of fused-ring (bicyclic) bond motifs is 1. The average molecular weight is 304 g/mol. The molecule has 2 heterocycles. The van der Waals surface area contributed by atoms with Crippen LogP contribution in [0.1, 0.15) is 57.2 Å². The van der Waals surface area contributed by atoms with Crippen LogP contribution in [-0.2, 0) is 22.6 Å². The molecule has 0 aromatic carbocycles. The van der Waals surface area contributed by atoms with E-state index in [9.17, 15) is 9.59 Å². The van der Waals surface area contributed by atoms with Gasteiger partial charge in [-0.1, -0.05) is 12.8 Å². The maximum absolute atomic E-state index is 12.0. The third-order valence-corrected chi connectivity index (χ3v) is 4.54. The average Bonchev–Trinajstić information content (AvgIpc) is 3.16. The Labute approximate surface area is 130 Å². The van der Waals surface area contributed by atoms with Crippen molar-refractivity contribution in [3.8, 4) is 0 Å². The first-order valence-corrected chi connectivity index (χ1v) is 8.36. The molecule has 2 N–H and O–H groups in total. The van der Waals surface area contributed by atoms with Crippen molar-refractivity contribution in [1.82, 2.24) is 14.9 Å². The largest absolute Gasteiger partial charge is 0.353 e. The molecule has 1 aromatic rings. The highest BCUT2D eigenvalue weighted by Gasteiger charge is 2.18. The van der Waals surface area contributed by atoms with Gasteiger partial charge in [-0.3, -0.25) is 9.59 Å². The summed E-state index contributed by atoms with van der Waals surface area (Å²) >= 11 is 0. The quantitative estimate of drug-likeness (QED) is 0.873. The maximum atomic E-state index is 12.0. The van der Waals surface area contributed by atoms with E-state index in [2.05, 4.69) is 20.2 Å². The molecule has 1 fully saturated rings. The monoisotopic (exact) mass is 304 g/mol. The van der Waals surface area contributed by atoms with E-state index in [0.717, 1.165) is 50.3 Å². The lowest BCUT2D eigenvalue weighted by Gasteiger charge is -2.16. The highest BCUT2D eigenvalue weighted by atomic mass is 16.2. The molecule has 0 bridgehead atoms. The molecule has 2 aliphatic rings. The van der Waals surface area contributed by atoms with Crippen molar-refractivity contribution in [3.63, 3.8) is 0 Å². The Hall–Kier alpha value is -1.85. The summed E-state index contributed by atoms with van der Waals surface area (Å²) in [4.78, 5) is 28.2. The summed E-state index contributed by atoms with van der Waals surface area (Å²) in [7, 11) is 0. The van der Waals surface area contributed by atoms with Gasteiger partial charge in [0.25, 0.3) is 0 Å². The number of nitrogens with one attached hydrogen (secondary N) is 2. The third kappa shape index (κ3) is 3.67. The van der Waals surface area contributed by atoms with Gasteiger partial charge in [-0.05, 0) is 25.7 Å². The second kappa shape index (κ2) is 6.94. The summed E-state index contributed by atoms with van der Waals surface area (Å²) < 4.78 is 2.07. The highest BCUT2D eigenvalue weighted by Crippen LogP contribution is 2.20. The number of carbonyl (C=O) groups is 2. The Bertz CT molecular complexity index is 546. The van der Waals surface area contributed by atoms with Crippen LogP contribution >= 0.6 is 0 Å². The summed E-state index contributed by atoms with van der Waals surface area (Å²) in [6.07, 6.45) is 9.97. The molecule has 120 valence electrons. The summed E-state index contributed by atoms with van der Waals surface area (Å²) in [5.41, 5.74) is 0. The summed E-state index contributed by atoms with van der Waals surface area (Å²) in [6, 6.07) is 0.317. The second-order valence-corrected chi connectivity index (χ2v) is 6.27. The van der Waals surface area contributed by atoms with Crippen molar-refractivity contribution >= 4 is 17.6 Å². The van der Waals surface area contributed by atoms with Crippen LogP contribution in [-0.4, -0.2) is 27.4 Å². The summed E-state index contributed by atoms with van der Waals surface area (Å²) in [6.45, 7) is 0.910. The summed E-state index contributed by atoms with van der Waals surface area (Å²) in [5, 5.41) is 5.89. The number of aryl methyl sites for hydroxylation is 1. The van der Waals surface area contributed by atoms with Gasteiger partial charge in [-0.15, -0.1) is 0 Å². The van der Waals surface area contributed by atoms with Gasteiger partial charge in [0.05, 0.1) is 6.20 Å². The zero-order chi connectivity index (χ0) is 15.4. The van der Waals surface area contributed by atoms with E-state index >= 15 is 0 Å². The van der Waals surface area contributed by atoms with Gasteiger partial charge in [-0.25, -0.2) is 4.98 Å². The fraction of sp³-hybridized carbons (Fsp3) is 0.688. The molecule has 2 amide bonds. The minimum Gasteiger partial charge on any atom is -0.353 e. The topological polar surface area (TPSA) is 76.0 Å². The Kier molecular flexibility index (Phi) is 4.75. The molecule has 1 saturated carbocycles. The number of carbonyl (C=O) groups excluding carboxylic acids is 2. The Morgan fingerprint density at radius 2 is 1.91 bits per heavy atom. The molecule has 0 atom stereocenters. The predicted octanol–water partition coefficient (Wildman–Crippen LogP) is 2.00. The molecule has 22 heavy (non-hydrogen) atoms. The number of hydrogen-bond donors (Lipinski definition) is 2. The van der Waals surface area contributed by atoms with Gasteiger partial charge in [-0.2, -0.15) is 0 Å². The van der Waals surface area contributed by atoms with Crippen molar-refractivity contribution in [2.24, 2.45) is 0 Å². The van der Waals surface area contributed by atoms with Crippen LogP contribution in [0.3, 0.4) is 0 Å². The molecular weight excluding hydrogens is 280 g/mol. The first kappa shape index (κ1) is 15.1. The van der Waals surface area contributed by atoms with Gasteiger partial charge in [0.15, 0.2) is 0 Å². The van der Waals surface area contributed by atoms with E-state index in [-0.39, 0.29) is 24.7 Å². The first-order valence-electron chi connectivity index (χ1n) is 8.36. The number of anilines is 1. The molecule has 6 nitrogen and oxygen atoms in total. The Balaban J connectivity index is 1.44. The number of imidazole rings is 1. The predicted molar refractivity (Wildman–Crippen MR) is 83.4 cm³/mol. The van der Waals surface area contributed by atoms with Crippen molar-refractivity contribution in [2.75, 3.05) is 5.32 Å². The van der Waals surface area contributed by atoms with Gasteiger partial charge in [0.2, 0.25) is 11.8 Å². The van der Waals surface area contributed by atoms with Crippen LogP contribution in [0.15, 0.2) is 6.20 Å². The van der Waals surface area contributed by atoms with E-state index < -0.39 is 0 Å². The Morgan fingerprint density at radius 3 is 2.73 bits per heavy atom. The van der Waals surface area contributed by atoms with E-state index in [1.165, 1.54) is 12.8 Å². The zero-order valence-corrected chi connectivity index (χ0v) is 12.9. The molecule has 0 radical (unpaired) electrons. The molecular formula is C16H24N4O2. The van der Waals surface area contributed by atoms with Crippen molar-refractivity contribution in [1.29, 1.82) is 0 Å². The fourth-order valence-electron chi connectivity index (χ4n) is 3.32. The highest BCUT2D eigenvalue weighted by molar-refractivity contribution is 5.92. The van der Waals surface area contributed by atoms with E-state index in [1.807, 2.05) is 0 Å². The van der Waals surface area contributed by atoms with E-state index in [0.29, 0.717) is 6.04 Å². The van der Waals surface area contributed by atoms with Crippen LogP contribution in [0.4, 0.5) is 5.82 Å². The smallest absolute Gasteiger partial charge is 0.226 e. The lowest BCUT2D eigenvalue weighted by molar-refractivity contribution is -0.124. The van der Waals surface area contributed by atoms with Crippen LogP contribution in [0.2, 0.25) is 0 Å². The molecule has 1 aliphatic carbocycles. The van der Waals surface area contributed by atoms with Gasteiger partial charge in [0, 0.05) is 31.8 Å². The molecule has 0 unspecified atom stereocenters. The second-order valence-electron chi connectivity index (χ2n) is 6.27. The van der Waals surface area contributed by atoms with Crippen LogP contribution in [0.5, 0.6) is 0 Å². The van der Waals surface area contributed by atoms with Crippen LogP contribution in [0, 0.1) is 0 Å². The van der Waals surface area contributed by atoms with Crippen molar-refractivity contribution in [3.05, 3.63) is 12.0 Å². The SMILES string of the molecule is O=C(CCC(=O)NC1CCCC1)Nc1cnc2n1CCCC2. The number of amides is 2. The first-order chi connectivity index (χ1) is 10.7. The molecule has 0 saturated heterocycles. The minimum absolute atomic E-state index is 0.0163. The molecule has 3 rings (SSSR count).